The lowest BCUT2D eigenvalue weighted by atomic mass is 10.1. The third kappa shape index (κ3) is 2.09. The number of hydrogen-bond acceptors (Lipinski definition) is 2. The molecule has 0 unspecified atom stereocenters. The molecule has 2 rings (SSSR count). The molecule has 1 aliphatic carbocycles. The average molecular weight is 274 g/mol. The molecule has 1 fully saturated rings. The van der Waals surface area contributed by atoms with Crippen molar-refractivity contribution < 1.29 is 9.53 Å². The second-order valence-electron chi connectivity index (χ2n) is 4.37. The summed E-state index contributed by atoms with van der Waals surface area (Å²) < 4.78 is 4.19. The Morgan fingerprint density at radius 1 is 1.41 bits per heavy atom. The van der Waals surface area contributed by atoms with Crippen molar-refractivity contribution in [2.24, 2.45) is 5.41 Å². The zero-order valence-corrected chi connectivity index (χ0v) is 11.1. The molecular weight excluding hydrogens is 261 g/mol. The maximum Gasteiger partial charge on any atom is 0.233 e. The lowest BCUT2D eigenvalue weighted by Gasteiger charge is -2.14. The van der Waals surface area contributed by atoms with E-state index in [1.54, 1.807) is 26.2 Å². The summed E-state index contributed by atoms with van der Waals surface area (Å²) >= 11 is 11.9. The largest absolute Gasteiger partial charge is 0.495 e. The minimum Gasteiger partial charge on any atom is -0.495 e. The molecule has 1 aromatic rings. The fourth-order valence-corrected chi connectivity index (χ4v) is 2.36. The maximum absolute atomic E-state index is 12.0. The molecule has 1 amide bonds. The number of ether oxygens (including phenoxy) is 1. The third-order valence-corrected chi connectivity index (χ3v) is 4.22. The Morgan fingerprint density at radius 3 is 2.53 bits per heavy atom. The normalized spacial score (nSPS) is 25.2. The first-order valence-electron chi connectivity index (χ1n) is 5.23. The van der Waals surface area contributed by atoms with Crippen molar-refractivity contribution in [3.63, 3.8) is 0 Å². The van der Waals surface area contributed by atoms with Crippen molar-refractivity contribution in [3.05, 3.63) is 24.3 Å². The van der Waals surface area contributed by atoms with Crippen LogP contribution in [0, 0.1) is 5.41 Å². The van der Waals surface area contributed by atoms with Crippen molar-refractivity contribution >= 4 is 34.8 Å². The summed E-state index contributed by atoms with van der Waals surface area (Å²) in [5.41, 5.74) is -0.103. The molecule has 1 N–H and O–H groups in total. The lowest BCUT2D eigenvalue weighted by molar-refractivity contribution is -0.120. The smallest absolute Gasteiger partial charge is 0.233 e. The van der Waals surface area contributed by atoms with Gasteiger partial charge in [0.25, 0.3) is 0 Å². The number of carbonyl (C=O) groups excluding carboxylic acids is 1. The average Bonchev–Trinajstić information content (AvgIpc) is 2.80. The number of benzene rings is 1. The van der Waals surface area contributed by atoms with Gasteiger partial charge in [-0.1, -0.05) is 12.1 Å². The summed E-state index contributed by atoms with van der Waals surface area (Å²) in [4.78, 5) is 12.0. The van der Waals surface area contributed by atoms with Crippen molar-refractivity contribution in [2.45, 2.75) is 17.7 Å². The van der Waals surface area contributed by atoms with Crippen LogP contribution in [0.1, 0.15) is 13.3 Å². The van der Waals surface area contributed by atoms with Gasteiger partial charge in [0.15, 0.2) is 0 Å². The number of halogens is 2. The number of hydrogen-bond donors (Lipinski definition) is 1. The van der Waals surface area contributed by atoms with E-state index < -0.39 is 9.75 Å². The topological polar surface area (TPSA) is 38.3 Å². The molecule has 1 saturated carbocycles. The van der Waals surface area contributed by atoms with Gasteiger partial charge in [-0.25, -0.2) is 0 Å². The van der Waals surface area contributed by atoms with Gasteiger partial charge in [0.2, 0.25) is 5.91 Å². The van der Waals surface area contributed by atoms with Crippen molar-refractivity contribution in [3.8, 4) is 5.75 Å². The van der Waals surface area contributed by atoms with Gasteiger partial charge in [-0.2, -0.15) is 0 Å². The molecule has 5 heteroatoms. The van der Waals surface area contributed by atoms with E-state index in [2.05, 4.69) is 5.32 Å². The first-order valence-corrected chi connectivity index (χ1v) is 5.98. The highest BCUT2D eigenvalue weighted by Gasteiger charge is 2.67. The Bertz CT molecular complexity index is 462. The van der Waals surface area contributed by atoms with Gasteiger partial charge in [0, 0.05) is 0 Å². The van der Waals surface area contributed by atoms with Crippen LogP contribution in [0.4, 0.5) is 5.69 Å². The quantitative estimate of drug-likeness (QED) is 0.859. The Kier molecular flexibility index (Phi) is 3.00. The molecule has 0 aliphatic heterocycles. The molecule has 0 saturated heterocycles. The monoisotopic (exact) mass is 273 g/mol. The molecule has 1 atom stereocenters. The Balaban J connectivity index is 2.15. The molecule has 0 heterocycles. The van der Waals surface area contributed by atoms with E-state index in [4.69, 9.17) is 27.9 Å². The number of methoxy groups -OCH3 is 1. The fraction of sp³-hybridized carbons (Fsp3) is 0.417. The van der Waals surface area contributed by atoms with Gasteiger partial charge in [0.05, 0.1) is 18.2 Å². The van der Waals surface area contributed by atoms with E-state index in [0.717, 1.165) is 0 Å². The van der Waals surface area contributed by atoms with Crippen LogP contribution in [-0.2, 0) is 4.79 Å². The number of rotatable bonds is 3. The summed E-state index contributed by atoms with van der Waals surface area (Å²) in [5, 5.41) is 2.79. The molecule has 0 spiro atoms. The number of alkyl halides is 2. The second-order valence-corrected chi connectivity index (χ2v) is 5.85. The highest BCUT2D eigenvalue weighted by atomic mass is 35.5. The van der Waals surface area contributed by atoms with E-state index in [-0.39, 0.29) is 5.91 Å². The molecule has 17 heavy (non-hydrogen) atoms. The molecule has 0 aromatic heterocycles. The van der Waals surface area contributed by atoms with Crippen LogP contribution in [-0.4, -0.2) is 17.4 Å². The van der Waals surface area contributed by atoms with E-state index in [9.17, 15) is 4.79 Å². The summed E-state index contributed by atoms with van der Waals surface area (Å²) in [6, 6.07) is 7.20. The van der Waals surface area contributed by atoms with Crippen LogP contribution in [0.15, 0.2) is 24.3 Å². The van der Waals surface area contributed by atoms with Gasteiger partial charge in [-0.05, 0) is 25.5 Å². The van der Waals surface area contributed by atoms with E-state index in [1.807, 2.05) is 12.1 Å². The van der Waals surface area contributed by atoms with Gasteiger partial charge >= 0.3 is 0 Å². The standard InChI is InChI=1S/C12H13Cl2NO2/c1-11(7-12(11,13)14)10(16)15-8-5-3-4-6-9(8)17-2/h3-6H,7H2,1-2H3,(H,15,16)/t11-/m1/s1. The maximum atomic E-state index is 12.0. The predicted octanol–water partition coefficient (Wildman–Crippen LogP) is 3.22. The van der Waals surface area contributed by atoms with E-state index in [1.165, 1.54) is 0 Å². The van der Waals surface area contributed by atoms with Gasteiger partial charge in [-0.3, -0.25) is 4.79 Å². The minimum absolute atomic E-state index is 0.188. The van der Waals surface area contributed by atoms with Gasteiger partial charge < -0.3 is 10.1 Å². The summed E-state index contributed by atoms with van der Waals surface area (Å²) in [6.07, 6.45) is 0.462. The Hall–Kier alpha value is -0.930. The highest BCUT2D eigenvalue weighted by molar-refractivity contribution is 6.53. The third-order valence-electron chi connectivity index (χ3n) is 3.11. The predicted molar refractivity (Wildman–Crippen MR) is 68.8 cm³/mol. The van der Waals surface area contributed by atoms with E-state index in [0.29, 0.717) is 17.9 Å². The lowest BCUT2D eigenvalue weighted by Crippen LogP contribution is -2.26. The van der Waals surface area contributed by atoms with Crippen LogP contribution in [0.3, 0.4) is 0 Å². The number of nitrogens with one attached hydrogen (secondary N) is 1. The SMILES string of the molecule is COc1ccccc1NC(=O)[C@@]1(C)CC1(Cl)Cl. The molecule has 0 radical (unpaired) electrons. The molecular formula is C12H13Cl2NO2. The van der Waals surface area contributed by atoms with Crippen LogP contribution < -0.4 is 10.1 Å². The zero-order valence-electron chi connectivity index (χ0n) is 9.59. The molecule has 3 nitrogen and oxygen atoms in total. The van der Waals surface area contributed by atoms with Crippen molar-refractivity contribution in [2.75, 3.05) is 12.4 Å². The Labute approximate surface area is 110 Å². The molecule has 92 valence electrons. The van der Waals surface area contributed by atoms with Gasteiger partial charge in [0.1, 0.15) is 10.1 Å². The fourth-order valence-electron chi connectivity index (χ4n) is 1.65. The molecule has 1 aromatic carbocycles. The summed E-state index contributed by atoms with van der Waals surface area (Å²) in [6.45, 7) is 1.75. The second kappa shape index (κ2) is 4.07. The van der Waals surface area contributed by atoms with Crippen LogP contribution in [0.2, 0.25) is 0 Å². The van der Waals surface area contributed by atoms with Crippen LogP contribution in [0.5, 0.6) is 5.75 Å². The number of para-hydroxylation sites is 2. The molecule has 0 bridgehead atoms. The highest BCUT2D eigenvalue weighted by Crippen LogP contribution is 2.64. The summed E-state index contributed by atoms with van der Waals surface area (Å²) in [5.74, 6) is 0.423. The number of amides is 1. The molecule has 1 aliphatic rings. The zero-order chi connectivity index (χ0) is 12.7. The number of anilines is 1. The Morgan fingerprint density at radius 2 is 2.00 bits per heavy atom. The minimum atomic E-state index is -0.959. The van der Waals surface area contributed by atoms with Crippen LogP contribution in [0.25, 0.3) is 0 Å². The number of carbonyl (C=O) groups is 1. The van der Waals surface area contributed by atoms with Gasteiger partial charge in [-0.15, -0.1) is 23.2 Å². The first kappa shape index (κ1) is 12.5. The van der Waals surface area contributed by atoms with E-state index >= 15 is 0 Å². The van der Waals surface area contributed by atoms with Crippen LogP contribution >= 0.6 is 23.2 Å². The van der Waals surface area contributed by atoms with Crippen molar-refractivity contribution in [1.82, 2.24) is 0 Å². The first-order chi connectivity index (χ1) is 7.90. The van der Waals surface area contributed by atoms with Crippen molar-refractivity contribution in [1.29, 1.82) is 0 Å². The summed E-state index contributed by atoms with van der Waals surface area (Å²) in [7, 11) is 1.55.